The molecular formula is C20H27N7O4. The fourth-order valence-electron chi connectivity index (χ4n) is 3.49. The second-order valence-electron chi connectivity index (χ2n) is 7.57. The van der Waals surface area contributed by atoms with E-state index in [4.69, 9.17) is 19.9 Å². The summed E-state index contributed by atoms with van der Waals surface area (Å²) in [6.45, 7) is 2.98. The molecule has 0 radical (unpaired) electrons. The van der Waals surface area contributed by atoms with Gasteiger partial charge in [-0.25, -0.2) is 9.78 Å². The third-order valence-electron chi connectivity index (χ3n) is 5.24. The number of H-pyrrole nitrogens is 1. The number of aromatic nitrogens is 5. The molecule has 0 saturated carbocycles. The van der Waals surface area contributed by atoms with E-state index in [0.717, 1.165) is 31.5 Å². The maximum Gasteiger partial charge on any atom is 0.328 e. The standard InChI is InChI=1S/C20H27N7O4/c1-26-7-5-14(6-8-26)31-15-4-3-13(11-22-15)12-27-18-16(23-20(27)28)17(21)24-19(25-18)30-10-9-29-2/h3-4,11,14H,5-10,12H2,1-2H3,(H,23,28)(H2,21,24,25). The highest BCUT2D eigenvalue weighted by Crippen LogP contribution is 2.20. The number of fused-ring (bicyclic) bond motifs is 1. The van der Waals surface area contributed by atoms with Gasteiger partial charge in [0.2, 0.25) is 5.88 Å². The Kier molecular flexibility index (Phi) is 6.33. The Hall–Kier alpha value is -3.18. The lowest BCUT2D eigenvalue weighted by Crippen LogP contribution is -2.35. The van der Waals surface area contributed by atoms with E-state index >= 15 is 0 Å². The third-order valence-corrected chi connectivity index (χ3v) is 5.24. The van der Waals surface area contributed by atoms with Crippen molar-refractivity contribution in [1.29, 1.82) is 0 Å². The zero-order valence-electron chi connectivity index (χ0n) is 17.7. The predicted octanol–water partition coefficient (Wildman–Crippen LogP) is 0.643. The number of piperidine rings is 1. The summed E-state index contributed by atoms with van der Waals surface area (Å²) < 4.78 is 17.9. The zero-order chi connectivity index (χ0) is 21.8. The molecule has 11 heteroatoms. The Bertz CT molecular complexity index is 1070. The molecule has 0 aliphatic carbocycles. The van der Waals surface area contributed by atoms with Crippen LogP contribution >= 0.6 is 0 Å². The summed E-state index contributed by atoms with van der Waals surface area (Å²) in [5, 5.41) is 0. The number of imidazole rings is 1. The first kappa shape index (κ1) is 21.1. The van der Waals surface area contributed by atoms with Crippen LogP contribution in [0.3, 0.4) is 0 Å². The molecule has 31 heavy (non-hydrogen) atoms. The van der Waals surface area contributed by atoms with E-state index in [0.29, 0.717) is 23.7 Å². The maximum atomic E-state index is 12.5. The van der Waals surface area contributed by atoms with Gasteiger partial charge in [0.15, 0.2) is 11.5 Å². The molecule has 4 rings (SSSR count). The van der Waals surface area contributed by atoms with E-state index in [1.54, 1.807) is 13.3 Å². The number of rotatable bonds is 8. The predicted molar refractivity (Wildman–Crippen MR) is 114 cm³/mol. The second-order valence-corrected chi connectivity index (χ2v) is 7.57. The molecule has 166 valence electrons. The maximum absolute atomic E-state index is 12.5. The first-order chi connectivity index (χ1) is 15.0. The van der Waals surface area contributed by atoms with E-state index in [1.807, 2.05) is 12.1 Å². The van der Waals surface area contributed by atoms with Crippen LogP contribution in [-0.4, -0.2) is 76.0 Å². The van der Waals surface area contributed by atoms with Gasteiger partial charge in [0.05, 0.1) is 13.2 Å². The number of anilines is 1. The number of nitrogens with one attached hydrogen (secondary N) is 1. The van der Waals surface area contributed by atoms with Crippen LogP contribution in [0.15, 0.2) is 23.1 Å². The van der Waals surface area contributed by atoms with Gasteiger partial charge in [-0.1, -0.05) is 6.07 Å². The van der Waals surface area contributed by atoms with Gasteiger partial charge in [-0.15, -0.1) is 0 Å². The topological polar surface area (TPSA) is 133 Å². The Morgan fingerprint density at radius 3 is 2.74 bits per heavy atom. The Morgan fingerprint density at radius 2 is 2.03 bits per heavy atom. The van der Waals surface area contributed by atoms with Crippen molar-refractivity contribution in [2.75, 3.05) is 46.2 Å². The zero-order valence-corrected chi connectivity index (χ0v) is 17.7. The highest BCUT2D eigenvalue weighted by molar-refractivity contribution is 5.81. The summed E-state index contributed by atoms with van der Waals surface area (Å²) in [4.78, 5) is 30.3. The summed E-state index contributed by atoms with van der Waals surface area (Å²) in [7, 11) is 3.69. The lowest BCUT2D eigenvalue weighted by Gasteiger charge is -2.28. The van der Waals surface area contributed by atoms with E-state index in [-0.39, 0.29) is 36.8 Å². The smallest absolute Gasteiger partial charge is 0.328 e. The van der Waals surface area contributed by atoms with Crippen molar-refractivity contribution < 1.29 is 14.2 Å². The quantitative estimate of drug-likeness (QED) is 0.495. The monoisotopic (exact) mass is 429 g/mol. The average molecular weight is 429 g/mol. The number of methoxy groups -OCH3 is 1. The lowest BCUT2D eigenvalue weighted by atomic mass is 10.1. The van der Waals surface area contributed by atoms with Crippen LogP contribution in [0.1, 0.15) is 18.4 Å². The molecule has 0 aromatic carbocycles. The Balaban J connectivity index is 1.49. The Morgan fingerprint density at radius 1 is 1.23 bits per heavy atom. The molecular weight excluding hydrogens is 402 g/mol. The molecule has 3 aromatic rings. The minimum atomic E-state index is -0.336. The van der Waals surface area contributed by atoms with E-state index in [2.05, 4.69) is 31.9 Å². The second kappa shape index (κ2) is 9.31. The molecule has 3 aromatic heterocycles. The molecule has 3 N–H and O–H groups in total. The van der Waals surface area contributed by atoms with Crippen LogP contribution in [-0.2, 0) is 11.3 Å². The Labute approximate surface area is 179 Å². The van der Waals surface area contributed by atoms with Crippen molar-refractivity contribution in [3.8, 4) is 11.9 Å². The molecule has 0 unspecified atom stereocenters. The number of likely N-dealkylation sites (tertiary alicyclic amines) is 1. The van der Waals surface area contributed by atoms with Gasteiger partial charge in [0.25, 0.3) is 0 Å². The number of hydrogen-bond acceptors (Lipinski definition) is 9. The molecule has 0 atom stereocenters. The fraction of sp³-hybridized carbons (Fsp3) is 0.500. The number of nitrogen functional groups attached to an aromatic ring is 1. The number of pyridine rings is 1. The van der Waals surface area contributed by atoms with E-state index in [1.165, 1.54) is 4.57 Å². The molecule has 0 bridgehead atoms. The van der Waals surface area contributed by atoms with Gasteiger partial charge in [-0.2, -0.15) is 9.97 Å². The largest absolute Gasteiger partial charge is 0.474 e. The number of aromatic amines is 1. The van der Waals surface area contributed by atoms with Gasteiger partial charge < -0.3 is 29.8 Å². The first-order valence-corrected chi connectivity index (χ1v) is 10.2. The van der Waals surface area contributed by atoms with Gasteiger partial charge in [-0.3, -0.25) is 4.57 Å². The van der Waals surface area contributed by atoms with Crippen LogP contribution in [0.25, 0.3) is 11.2 Å². The minimum absolute atomic E-state index is 0.0924. The van der Waals surface area contributed by atoms with Crippen LogP contribution in [0.4, 0.5) is 5.82 Å². The molecule has 0 spiro atoms. The SMILES string of the molecule is COCCOc1nc(N)c2[nH]c(=O)n(Cc3ccc(OC4CCN(C)CC4)nc3)c2n1. The van der Waals surface area contributed by atoms with Crippen molar-refractivity contribution in [3.63, 3.8) is 0 Å². The summed E-state index contributed by atoms with van der Waals surface area (Å²) >= 11 is 0. The summed E-state index contributed by atoms with van der Waals surface area (Å²) in [5.74, 6) is 0.734. The van der Waals surface area contributed by atoms with Crippen LogP contribution in [0, 0.1) is 0 Å². The molecule has 4 heterocycles. The fourth-order valence-corrected chi connectivity index (χ4v) is 3.49. The average Bonchev–Trinajstić information content (AvgIpc) is 3.07. The van der Waals surface area contributed by atoms with E-state index < -0.39 is 0 Å². The molecule has 1 aliphatic heterocycles. The van der Waals surface area contributed by atoms with Gasteiger partial charge in [-0.05, 0) is 25.5 Å². The summed E-state index contributed by atoms with van der Waals surface area (Å²) in [6.07, 6.45) is 3.86. The van der Waals surface area contributed by atoms with Crippen LogP contribution in [0.5, 0.6) is 11.9 Å². The van der Waals surface area contributed by atoms with Crippen LogP contribution < -0.4 is 20.9 Å². The number of ether oxygens (including phenoxy) is 3. The highest BCUT2D eigenvalue weighted by Gasteiger charge is 2.19. The summed E-state index contributed by atoms with van der Waals surface area (Å²) in [6, 6.07) is 3.81. The molecule has 0 amide bonds. The van der Waals surface area contributed by atoms with Gasteiger partial charge in [0.1, 0.15) is 18.2 Å². The van der Waals surface area contributed by atoms with Gasteiger partial charge in [0, 0.05) is 32.5 Å². The number of nitrogens with zero attached hydrogens (tertiary/aromatic N) is 5. The number of hydrogen-bond donors (Lipinski definition) is 2. The first-order valence-electron chi connectivity index (χ1n) is 10.2. The highest BCUT2D eigenvalue weighted by atomic mass is 16.5. The van der Waals surface area contributed by atoms with Crippen molar-refractivity contribution in [2.24, 2.45) is 0 Å². The van der Waals surface area contributed by atoms with Crippen molar-refractivity contribution in [3.05, 3.63) is 34.4 Å². The van der Waals surface area contributed by atoms with Crippen molar-refractivity contribution in [1.82, 2.24) is 29.4 Å². The summed E-state index contributed by atoms with van der Waals surface area (Å²) in [5.41, 5.74) is 7.22. The van der Waals surface area contributed by atoms with E-state index in [9.17, 15) is 4.79 Å². The molecule has 11 nitrogen and oxygen atoms in total. The molecule has 1 aliphatic rings. The third kappa shape index (κ3) is 4.94. The minimum Gasteiger partial charge on any atom is -0.474 e. The van der Waals surface area contributed by atoms with Crippen molar-refractivity contribution in [2.45, 2.75) is 25.5 Å². The number of nitrogens with two attached hydrogens (primary N) is 1. The molecule has 1 fully saturated rings. The normalized spacial score (nSPS) is 15.4. The van der Waals surface area contributed by atoms with Gasteiger partial charge >= 0.3 is 11.7 Å². The lowest BCUT2D eigenvalue weighted by molar-refractivity contribution is 0.110. The van der Waals surface area contributed by atoms with Crippen molar-refractivity contribution >= 4 is 17.0 Å². The van der Waals surface area contributed by atoms with Crippen LogP contribution in [0.2, 0.25) is 0 Å². The molecule has 1 saturated heterocycles.